The van der Waals surface area contributed by atoms with Crippen LogP contribution in [0.4, 0.5) is 0 Å². The Balaban J connectivity index is 1.04. The molecule has 1 nitrogen and oxygen atoms in total. The Kier molecular flexibility index (Phi) is 6.12. The van der Waals surface area contributed by atoms with Crippen LogP contribution in [0.25, 0.3) is 81.0 Å². The van der Waals surface area contributed by atoms with Crippen LogP contribution in [0, 0.1) is 0 Å². The Bertz CT molecular complexity index is 2770. The van der Waals surface area contributed by atoms with Crippen LogP contribution in [0.1, 0.15) is 43.2 Å². The highest BCUT2D eigenvalue weighted by Gasteiger charge is 2.43. The molecule has 0 saturated heterocycles. The van der Waals surface area contributed by atoms with Crippen molar-refractivity contribution in [3.8, 4) is 39.1 Å². The van der Waals surface area contributed by atoms with Gasteiger partial charge in [0.25, 0.3) is 0 Å². The molecule has 11 rings (SSSR count). The fourth-order valence-electron chi connectivity index (χ4n) is 9.46. The van der Waals surface area contributed by atoms with Gasteiger partial charge in [0.05, 0.1) is 11.0 Å². The van der Waals surface area contributed by atoms with Crippen LogP contribution < -0.4 is 0 Å². The van der Waals surface area contributed by atoms with E-state index in [0.717, 1.165) is 0 Å². The third-order valence-electron chi connectivity index (χ3n) is 11.8. The number of hydrogen-bond acceptors (Lipinski definition) is 1. The minimum absolute atomic E-state index is 0.183. The van der Waals surface area contributed by atoms with Crippen molar-refractivity contribution >= 4 is 53.3 Å². The van der Waals surface area contributed by atoms with Crippen LogP contribution in [-0.4, -0.2) is 4.57 Å². The quantitative estimate of drug-likeness (QED) is 0.178. The van der Waals surface area contributed by atoms with E-state index in [9.17, 15) is 0 Å². The van der Waals surface area contributed by atoms with Crippen molar-refractivity contribution in [3.63, 3.8) is 0 Å². The molecule has 1 spiro atoms. The molecule has 0 unspecified atom stereocenters. The van der Waals surface area contributed by atoms with Crippen LogP contribution in [0.3, 0.4) is 0 Å². The van der Waals surface area contributed by atoms with Gasteiger partial charge in [0.2, 0.25) is 0 Å². The predicted molar refractivity (Wildman–Crippen MR) is 214 cm³/mol. The molecule has 2 aliphatic rings. The van der Waals surface area contributed by atoms with Crippen molar-refractivity contribution in [3.05, 3.63) is 163 Å². The molecule has 0 atom stereocenters. The lowest BCUT2D eigenvalue weighted by Gasteiger charge is -2.36. The van der Waals surface area contributed by atoms with Gasteiger partial charge in [0, 0.05) is 42.0 Å². The third-order valence-corrected chi connectivity index (χ3v) is 12.9. The molecule has 238 valence electrons. The number of aromatic nitrogens is 1. The summed E-state index contributed by atoms with van der Waals surface area (Å²) in [6, 6.07) is 57.0. The van der Waals surface area contributed by atoms with Crippen LogP contribution in [-0.2, 0) is 5.41 Å². The molecule has 0 N–H and O–H groups in total. The molecule has 2 aromatic heterocycles. The second kappa shape index (κ2) is 10.8. The maximum Gasteiger partial charge on any atom is 0.0547 e. The molecule has 0 amide bonds. The minimum Gasteiger partial charge on any atom is -0.309 e. The van der Waals surface area contributed by atoms with E-state index in [4.69, 9.17) is 0 Å². The molecular formula is C48H35NS. The fraction of sp³-hybridized carbons (Fsp3) is 0.125. The number of thiophene rings is 1. The number of hydrogen-bond donors (Lipinski definition) is 0. The lowest BCUT2D eigenvalue weighted by molar-refractivity contribution is 0.353. The van der Waals surface area contributed by atoms with E-state index in [2.05, 4.69) is 156 Å². The third kappa shape index (κ3) is 4.06. The van der Waals surface area contributed by atoms with E-state index in [-0.39, 0.29) is 5.41 Å². The largest absolute Gasteiger partial charge is 0.309 e. The summed E-state index contributed by atoms with van der Waals surface area (Å²) >= 11 is 1.95. The zero-order chi connectivity index (χ0) is 32.8. The van der Waals surface area contributed by atoms with Crippen LogP contribution in [0.5, 0.6) is 0 Å². The standard InChI is InChI=1S/C48H35NS/c1-3-11-31(12-4-1)32-17-21-35(22-18-32)49-44-16-8-6-14-37(44)38-23-19-33(27-45(38)49)34-20-24-39-41-29-43-40(30-47(41)50-46(39)28-34)36-13-5-7-15-42(36)48(43)25-9-2-10-26-48/h1,3-8,11-24,27-30H,2,9-10,25-26H2. The van der Waals surface area contributed by atoms with E-state index in [0.29, 0.717) is 0 Å². The number of rotatable bonds is 3. The molecule has 1 fully saturated rings. The summed E-state index contributed by atoms with van der Waals surface area (Å²) < 4.78 is 5.19. The average Bonchev–Trinajstić information content (AvgIpc) is 3.80. The van der Waals surface area contributed by atoms with Crippen molar-refractivity contribution in [2.75, 3.05) is 0 Å². The summed E-state index contributed by atoms with van der Waals surface area (Å²) in [5.74, 6) is 0. The molecule has 9 aromatic rings. The molecular weight excluding hydrogens is 623 g/mol. The number of fused-ring (bicyclic) bond motifs is 11. The van der Waals surface area contributed by atoms with Gasteiger partial charge >= 0.3 is 0 Å². The summed E-state index contributed by atoms with van der Waals surface area (Å²) in [6.45, 7) is 0. The Morgan fingerprint density at radius 1 is 0.420 bits per heavy atom. The maximum atomic E-state index is 2.59. The molecule has 1 saturated carbocycles. The molecule has 0 aliphatic heterocycles. The second-order valence-electron chi connectivity index (χ2n) is 14.4. The van der Waals surface area contributed by atoms with Crippen molar-refractivity contribution in [1.82, 2.24) is 4.57 Å². The molecule has 2 heterocycles. The summed E-state index contributed by atoms with van der Waals surface area (Å²) in [5.41, 5.74) is 14.9. The van der Waals surface area contributed by atoms with Gasteiger partial charge in [0.1, 0.15) is 0 Å². The smallest absolute Gasteiger partial charge is 0.0547 e. The summed E-state index contributed by atoms with van der Waals surface area (Å²) in [4.78, 5) is 0. The molecule has 0 radical (unpaired) electrons. The Morgan fingerprint density at radius 3 is 1.94 bits per heavy atom. The maximum absolute atomic E-state index is 2.59. The Labute approximate surface area is 296 Å². The summed E-state index contributed by atoms with van der Waals surface area (Å²) in [5, 5.41) is 5.37. The summed E-state index contributed by atoms with van der Waals surface area (Å²) in [6.07, 6.45) is 6.54. The lowest BCUT2D eigenvalue weighted by atomic mass is 9.68. The van der Waals surface area contributed by atoms with Gasteiger partial charge in [-0.1, -0.05) is 128 Å². The van der Waals surface area contributed by atoms with Gasteiger partial charge in [-0.2, -0.15) is 0 Å². The van der Waals surface area contributed by atoms with Gasteiger partial charge in [-0.25, -0.2) is 0 Å². The summed E-state index contributed by atoms with van der Waals surface area (Å²) in [7, 11) is 0. The Morgan fingerprint density at radius 2 is 1.08 bits per heavy atom. The molecule has 50 heavy (non-hydrogen) atoms. The van der Waals surface area contributed by atoms with Gasteiger partial charge in [-0.3, -0.25) is 0 Å². The van der Waals surface area contributed by atoms with Gasteiger partial charge in [-0.15, -0.1) is 11.3 Å². The van der Waals surface area contributed by atoms with Crippen LogP contribution in [0.15, 0.2) is 152 Å². The second-order valence-corrected chi connectivity index (χ2v) is 15.5. The van der Waals surface area contributed by atoms with Crippen molar-refractivity contribution in [2.24, 2.45) is 0 Å². The highest BCUT2D eigenvalue weighted by atomic mass is 32.1. The first-order valence-corrected chi connectivity index (χ1v) is 18.9. The van der Waals surface area contributed by atoms with E-state index < -0.39 is 0 Å². The van der Waals surface area contributed by atoms with Crippen LogP contribution in [0.2, 0.25) is 0 Å². The monoisotopic (exact) mass is 657 g/mol. The first-order valence-electron chi connectivity index (χ1n) is 18.1. The first kappa shape index (κ1) is 28.4. The number of para-hydroxylation sites is 1. The number of nitrogens with zero attached hydrogens (tertiary/aromatic N) is 1. The van der Waals surface area contributed by atoms with E-state index in [1.165, 1.54) is 113 Å². The van der Waals surface area contributed by atoms with Crippen molar-refractivity contribution < 1.29 is 0 Å². The lowest BCUT2D eigenvalue weighted by Crippen LogP contribution is -2.27. The highest BCUT2D eigenvalue weighted by molar-refractivity contribution is 7.25. The molecule has 2 heteroatoms. The molecule has 7 aromatic carbocycles. The fourth-order valence-corrected chi connectivity index (χ4v) is 10.6. The number of benzene rings is 7. The van der Waals surface area contributed by atoms with E-state index in [1.807, 2.05) is 11.3 Å². The average molecular weight is 658 g/mol. The zero-order valence-electron chi connectivity index (χ0n) is 27.8. The van der Waals surface area contributed by atoms with E-state index >= 15 is 0 Å². The van der Waals surface area contributed by atoms with Crippen LogP contribution >= 0.6 is 11.3 Å². The highest BCUT2D eigenvalue weighted by Crippen LogP contribution is 2.57. The zero-order valence-corrected chi connectivity index (χ0v) is 28.6. The first-order chi connectivity index (χ1) is 24.7. The topological polar surface area (TPSA) is 4.93 Å². The normalized spacial score (nSPS) is 15.0. The minimum atomic E-state index is 0.183. The SMILES string of the molecule is c1ccc(-c2ccc(-n3c4ccccc4c4ccc(-c5ccc6c(c5)sc5cc7c(cc56)C5(CCCCC5)c5ccccc5-7)cc43)cc2)cc1. The molecule has 2 aliphatic carbocycles. The van der Waals surface area contributed by atoms with Crippen molar-refractivity contribution in [2.45, 2.75) is 37.5 Å². The van der Waals surface area contributed by atoms with Gasteiger partial charge in [0.15, 0.2) is 0 Å². The van der Waals surface area contributed by atoms with Gasteiger partial charge < -0.3 is 4.57 Å². The molecule has 0 bridgehead atoms. The van der Waals surface area contributed by atoms with E-state index in [1.54, 1.807) is 11.1 Å². The predicted octanol–water partition coefficient (Wildman–Crippen LogP) is 13.7. The van der Waals surface area contributed by atoms with Crippen molar-refractivity contribution in [1.29, 1.82) is 0 Å². The van der Waals surface area contributed by atoms with Gasteiger partial charge in [-0.05, 0) is 99.8 Å². The Hall–Kier alpha value is -5.44.